The van der Waals surface area contributed by atoms with Crippen LogP contribution in [0.4, 0.5) is 0 Å². The molecule has 5 nitrogen and oxygen atoms in total. The highest BCUT2D eigenvalue weighted by Gasteiger charge is 2.45. The van der Waals surface area contributed by atoms with Crippen LogP contribution in [-0.2, 0) is 22.4 Å². The number of hydrogen-bond donors (Lipinski definition) is 1. The Morgan fingerprint density at radius 3 is 2.56 bits per heavy atom. The van der Waals surface area contributed by atoms with Crippen LogP contribution in [0.5, 0.6) is 5.75 Å². The minimum atomic E-state index is -0.733. The SMILES string of the molecule is COc1ccc(CCC(=O)N2CC[C@](Cc3ccccc3-c3cccs3)(C(N)=O)C2)cc1. The zero-order valence-electron chi connectivity index (χ0n) is 18.3. The number of nitrogens with two attached hydrogens (primary N) is 1. The fraction of sp³-hybridized carbons (Fsp3) is 0.308. The summed E-state index contributed by atoms with van der Waals surface area (Å²) in [6.07, 6.45) is 2.20. The average Bonchev–Trinajstić information content (AvgIpc) is 3.49. The standard InChI is InChI=1S/C26H28N2O3S/c1-31-21-11-8-19(9-12-21)10-13-24(29)28-15-14-26(18-28,25(27)30)17-20-5-2-3-6-22(20)23-7-4-16-32-23/h2-9,11-12,16H,10,13-15,17-18H2,1H3,(H2,27,30)/t26-/m1/s1. The second kappa shape index (κ2) is 9.57. The molecule has 6 heteroatoms. The maximum absolute atomic E-state index is 12.9. The molecule has 1 aliphatic rings. The molecule has 1 aromatic heterocycles. The summed E-state index contributed by atoms with van der Waals surface area (Å²) in [5.74, 6) is 0.535. The van der Waals surface area contributed by atoms with Crippen LogP contribution < -0.4 is 10.5 Å². The van der Waals surface area contributed by atoms with Crippen molar-refractivity contribution >= 4 is 23.2 Å². The molecule has 1 aliphatic heterocycles. The number of primary amides is 1. The Morgan fingerprint density at radius 2 is 1.88 bits per heavy atom. The van der Waals surface area contributed by atoms with Gasteiger partial charge in [0.05, 0.1) is 12.5 Å². The third kappa shape index (κ3) is 4.70. The lowest BCUT2D eigenvalue weighted by Crippen LogP contribution is -2.42. The number of nitrogens with zero attached hydrogens (tertiary/aromatic N) is 1. The molecule has 32 heavy (non-hydrogen) atoms. The summed E-state index contributed by atoms with van der Waals surface area (Å²) in [6, 6.07) is 20.0. The van der Waals surface area contributed by atoms with Crippen molar-refractivity contribution in [1.82, 2.24) is 4.90 Å². The largest absolute Gasteiger partial charge is 0.497 e. The van der Waals surface area contributed by atoms with Crippen LogP contribution in [-0.4, -0.2) is 36.9 Å². The highest BCUT2D eigenvalue weighted by molar-refractivity contribution is 7.13. The van der Waals surface area contributed by atoms with Crippen LogP contribution in [0.3, 0.4) is 0 Å². The summed E-state index contributed by atoms with van der Waals surface area (Å²) >= 11 is 1.68. The molecular formula is C26H28N2O3S. The van der Waals surface area contributed by atoms with Crippen LogP contribution in [0.25, 0.3) is 10.4 Å². The van der Waals surface area contributed by atoms with Gasteiger partial charge in [-0.1, -0.05) is 42.5 Å². The molecule has 166 valence electrons. The van der Waals surface area contributed by atoms with E-state index in [9.17, 15) is 9.59 Å². The van der Waals surface area contributed by atoms with Crippen molar-refractivity contribution in [2.24, 2.45) is 11.1 Å². The zero-order valence-corrected chi connectivity index (χ0v) is 19.1. The Balaban J connectivity index is 1.45. The molecule has 2 heterocycles. The molecule has 0 bridgehead atoms. The highest BCUT2D eigenvalue weighted by atomic mass is 32.1. The van der Waals surface area contributed by atoms with Gasteiger partial charge in [-0.2, -0.15) is 0 Å². The predicted molar refractivity (Wildman–Crippen MR) is 128 cm³/mol. The van der Waals surface area contributed by atoms with Crippen LogP contribution in [0.1, 0.15) is 24.0 Å². The summed E-state index contributed by atoms with van der Waals surface area (Å²) in [5.41, 5.74) is 8.50. The lowest BCUT2D eigenvalue weighted by molar-refractivity contribution is -0.132. The van der Waals surface area contributed by atoms with Crippen LogP contribution in [0.15, 0.2) is 66.0 Å². The molecular weight excluding hydrogens is 420 g/mol. The van der Waals surface area contributed by atoms with E-state index in [2.05, 4.69) is 23.6 Å². The number of benzene rings is 2. The topological polar surface area (TPSA) is 72.6 Å². The van der Waals surface area contributed by atoms with Gasteiger partial charge in [-0.25, -0.2) is 0 Å². The number of thiophene rings is 1. The summed E-state index contributed by atoms with van der Waals surface area (Å²) in [6.45, 7) is 0.939. The highest BCUT2D eigenvalue weighted by Crippen LogP contribution is 2.38. The van der Waals surface area contributed by atoms with Crippen LogP contribution >= 0.6 is 11.3 Å². The first-order valence-corrected chi connectivity index (χ1v) is 11.7. The normalized spacial score (nSPS) is 18.0. The monoisotopic (exact) mass is 448 g/mol. The van der Waals surface area contributed by atoms with Crippen molar-refractivity contribution in [3.05, 3.63) is 77.2 Å². The van der Waals surface area contributed by atoms with E-state index in [0.29, 0.717) is 38.8 Å². The Kier molecular flexibility index (Phi) is 6.61. The van der Waals surface area contributed by atoms with Gasteiger partial charge in [0.1, 0.15) is 5.75 Å². The van der Waals surface area contributed by atoms with E-state index in [1.165, 1.54) is 4.88 Å². The van der Waals surface area contributed by atoms with E-state index in [1.807, 2.05) is 47.4 Å². The number of hydrogen-bond acceptors (Lipinski definition) is 4. The smallest absolute Gasteiger partial charge is 0.225 e. The van der Waals surface area contributed by atoms with Gasteiger partial charge in [-0.3, -0.25) is 9.59 Å². The Hall–Kier alpha value is -3.12. The minimum absolute atomic E-state index is 0.0653. The Morgan fingerprint density at radius 1 is 1.09 bits per heavy atom. The molecule has 0 radical (unpaired) electrons. The van der Waals surface area contributed by atoms with Crippen LogP contribution in [0.2, 0.25) is 0 Å². The van der Waals surface area contributed by atoms with Crippen molar-refractivity contribution in [1.29, 1.82) is 0 Å². The molecule has 2 N–H and O–H groups in total. The first-order valence-electron chi connectivity index (χ1n) is 10.8. The van der Waals surface area contributed by atoms with Crippen molar-refractivity contribution < 1.29 is 14.3 Å². The third-order valence-electron chi connectivity index (χ3n) is 6.35. The zero-order chi connectivity index (χ0) is 22.6. The number of carbonyl (C=O) groups excluding carboxylic acids is 2. The van der Waals surface area contributed by atoms with E-state index < -0.39 is 5.41 Å². The maximum atomic E-state index is 12.9. The van der Waals surface area contributed by atoms with E-state index in [-0.39, 0.29) is 11.8 Å². The molecule has 1 fully saturated rings. The molecule has 2 amide bonds. The Labute approximate surface area is 192 Å². The summed E-state index contributed by atoms with van der Waals surface area (Å²) in [5, 5.41) is 2.05. The number of carbonyl (C=O) groups is 2. The van der Waals surface area contributed by atoms with Gasteiger partial charge in [0, 0.05) is 24.4 Å². The predicted octanol–water partition coefficient (Wildman–Crippen LogP) is 4.30. The van der Waals surface area contributed by atoms with Gasteiger partial charge in [0.15, 0.2) is 0 Å². The Bertz CT molecular complexity index is 1080. The van der Waals surface area contributed by atoms with Gasteiger partial charge in [0.2, 0.25) is 11.8 Å². The molecule has 4 rings (SSSR count). The summed E-state index contributed by atoms with van der Waals surface area (Å²) < 4.78 is 5.18. The van der Waals surface area contributed by atoms with Gasteiger partial charge in [0.25, 0.3) is 0 Å². The molecule has 0 saturated carbocycles. The lowest BCUT2D eigenvalue weighted by atomic mass is 9.79. The number of likely N-dealkylation sites (tertiary alicyclic amines) is 1. The van der Waals surface area contributed by atoms with Gasteiger partial charge < -0.3 is 15.4 Å². The number of ether oxygens (including phenoxy) is 1. The van der Waals surface area contributed by atoms with Gasteiger partial charge >= 0.3 is 0 Å². The quantitative estimate of drug-likeness (QED) is 0.558. The molecule has 0 aliphatic carbocycles. The van der Waals surface area contributed by atoms with E-state index in [1.54, 1.807) is 18.4 Å². The second-order valence-corrected chi connectivity index (χ2v) is 9.32. The number of rotatable bonds is 8. The second-order valence-electron chi connectivity index (χ2n) is 8.37. The molecule has 1 saturated heterocycles. The first-order chi connectivity index (χ1) is 15.5. The molecule has 2 aromatic carbocycles. The maximum Gasteiger partial charge on any atom is 0.225 e. The fourth-order valence-corrected chi connectivity index (χ4v) is 5.22. The van der Waals surface area contributed by atoms with Crippen molar-refractivity contribution in [3.63, 3.8) is 0 Å². The lowest BCUT2D eigenvalue weighted by Gasteiger charge is -2.27. The summed E-state index contributed by atoms with van der Waals surface area (Å²) in [4.78, 5) is 28.5. The molecule has 0 spiro atoms. The van der Waals surface area contributed by atoms with Gasteiger partial charge in [-0.05, 0) is 59.5 Å². The van der Waals surface area contributed by atoms with Crippen molar-refractivity contribution in [3.8, 4) is 16.2 Å². The summed E-state index contributed by atoms with van der Waals surface area (Å²) in [7, 11) is 1.63. The average molecular weight is 449 g/mol. The molecule has 1 atom stereocenters. The van der Waals surface area contributed by atoms with E-state index in [0.717, 1.165) is 22.4 Å². The number of amides is 2. The van der Waals surface area contributed by atoms with Crippen molar-refractivity contribution in [2.45, 2.75) is 25.7 Å². The minimum Gasteiger partial charge on any atom is -0.497 e. The van der Waals surface area contributed by atoms with Gasteiger partial charge in [-0.15, -0.1) is 11.3 Å². The van der Waals surface area contributed by atoms with E-state index in [4.69, 9.17) is 10.5 Å². The number of aryl methyl sites for hydroxylation is 1. The van der Waals surface area contributed by atoms with E-state index >= 15 is 0 Å². The molecule has 3 aromatic rings. The first kappa shape index (κ1) is 22.1. The fourth-order valence-electron chi connectivity index (χ4n) is 4.43. The van der Waals surface area contributed by atoms with Crippen molar-refractivity contribution in [2.75, 3.05) is 20.2 Å². The molecule has 0 unspecified atom stereocenters. The van der Waals surface area contributed by atoms with Crippen LogP contribution in [0, 0.1) is 5.41 Å². The third-order valence-corrected chi connectivity index (χ3v) is 7.25. The number of methoxy groups -OCH3 is 1.